The fraction of sp³-hybridized carbons (Fsp3) is 0.200. The molecule has 0 aromatic heterocycles. The molecule has 6 heteroatoms. The number of allylic oxidation sites excluding steroid dienone is 1. The molecule has 2 aromatic carbocycles. The zero-order valence-corrected chi connectivity index (χ0v) is 15.7. The van der Waals surface area contributed by atoms with E-state index < -0.39 is 6.04 Å². The maximum atomic E-state index is 13.8. The molecule has 0 unspecified atom stereocenters. The largest absolute Gasteiger partial charge is 0.351 e. The number of nitrogens with one attached hydrogen (secondary N) is 1. The number of rotatable bonds is 3. The monoisotopic (exact) mass is 369 g/mol. The van der Waals surface area contributed by atoms with E-state index in [0.717, 1.165) is 11.4 Å². The van der Waals surface area contributed by atoms with Crippen LogP contribution in [0.4, 0.5) is 10.1 Å². The van der Waals surface area contributed by atoms with Gasteiger partial charge in [-0.25, -0.2) is 4.39 Å². The minimum Gasteiger partial charge on any atom is -0.351 e. The van der Waals surface area contributed by atoms with Gasteiger partial charge in [-0.15, -0.1) is 0 Å². The van der Waals surface area contributed by atoms with E-state index in [4.69, 9.17) is 12.2 Å². The Morgan fingerprint density at radius 1 is 1.15 bits per heavy atom. The predicted octanol–water partition coefficient (Wildman–Crippen LogP) is 3.62. The average molecular weight is 369 g/mol. The molecular weight excluding hydrogens is 349 g/mol. The summed E-state index contributed by atoms with van der Waals surface area (Å²) < 4.78 is 13.8. The van der Waals surface area contributed by atoms with Crippen LogP contribution in [-0.4, -0.2) is 30.0 Å². The van der Waals surface area contributed by atoms with Crippen LogP contribution in [0.2, 0.25) is 0 Å². The van der Waals surface area contributed by atoms with Gasteiger partial charge in [0.2, 0.25) is 0 Å². The second-order valence-corrected chi connectivity index (χ2v) is 6.69. The number of nitrogens with zero attached hydrogens (tertiary/aromatic N) is 2. The van der Waals surface area contributed by atoms with E-state index in [1.807, 2.05) is 42.2 Å². The van der Waals surface area contributed by atoms with E-state index in [9.17, 15) is 9.18 Å². The van der Waals surface area contributed by atoms with Crippen molar-refractivity contribution in [2.75, 3.05) is 19.0 Å². The molecule has 0 saturated heterocycles. The lowest BCUT2D eigenvalue weighted by molar-refractivity contribution is -0.125. The summed E-state index contributed by atoms with van der Waals surface area (Å²) in [6, 6.07) is 15.3. The van der Waals surface area contributed by atoms with Crippen molar-refractivity contribution in [3.8, 4) is 0 Å². The van der Waals surface area contributed by atoms with Gasteiger partial charge in [0, 0.05) is 25.5 Å². The first kappa shape index (κ1) is 18.1. The molecule has 0 bridgehead atoms. The number of carbonyl (C=O) groups excluding carboxylic acids is 1. The van der Waals surface area contributed by atoms with E-state index in [2.05, 4.69) is 5.32 Å². The molecule has 1 amide bonds. The van der Waals surface area contributed by atoms with E-state index >= 15 is 0 Å². The number of hydrogen-bond acceptors (Lipinski definition) is 2. The molecule has 134 valence electrons. The van der Waals surface area contributed by atoms with E-state index in [0.29, 0.717) is 16.2 Å². The molecule has 0 aliphatic carbocycles. The first-order chi connectivity index (χ1) is 12.4. The molecule has 1 aliphatic rings. The molecule has 1 N–H and O–H groups in total. The highest BCUT2D eigenvalue weighted by atomic mass is 32.1. The molecule has 26 heavy (non-hydrogen) atoms. The summed E-state index contributed by atoms with van der Waals surface area (Å²) in [6.45, 7) is 1.86. The highest BCUT2D eigenvalue weighted by Crippen LogP contribution is 2.34. The SMILES string of the molecule is CC1=C(C(=O)N(C)C)[C@@H](c2cccc(F)c2)NC(=S)N1c1ccccc1. The smallest absolute Gasteiger partial charge is 0.253 e. The van der Waals surface area contributed by atoms with Crippen molar-refractivity contribution >= 4 is 28.9 Å². The quantitative estimate of drug-likeness (QED) is 0.839. The second kappa shape index (κ2) is 7.25. The number of amides is 1. The van der Waals surface area contributed by atoms with Crippen LogP contribution in [0.1, 0.15) is 18.5 Å². The molecule has 0 fully saturated rings. The van der Waals surface area contributed by atoms with Crippen molar-refractivity contribution < 1.29 is 9.18 Å². The Labute approximate surface area is 157 Å². The number of para-hydroxylation sites is 1. The van der Waals surface area contributed by atoms with Crippen LogP contribution in [-0.2, 0) is 4.79 Å². The van der Waals surface area contributed by atoms with Crippen LogP contribution in [0, 0.1) is 5.82 Å². The summed E-state index contributed by atoms with van der Waals surface area (Å²) in [7, 11) is 3.40. The zero-order chi connectivity index (χ0) is 18.8. The van der Waals surface area contributed by atoms with Crippen LogP contribution < -0.4 is 10.2 Å². The fourth-order valence-electron chi connectivity index (χ4n) is 3.09. The third kappa shape index (κ3) is 3.32. The summed E-state index contributed by atoms with van der Waals surface area (Å²) in [6.07, 6.45) is 0. The molecule has 2 aromatic rings. The summed E-state index contributed by atoms with van der Waals surface area (Å²) in [5.74, 6) is -0.497. The Balaban J connectivity index is 2.17. The Bertz CT molecular complexity index is 880. The number of benzene rings is 2. The van der Waals surface area contributed by atoms with E-state index in [1.54, 1.807) is 26.2 Å². The standard InChI is InChI=1S/C20H20FN3OS/c1-13-17(19(25)23(2)3)18(14-8-7-9-15(21)12-14)22-20(26)24(13)16-10-5-4-6-11-16/h4-12,18H,1-3H3,(H,22,26)/t18-/m1/s1. The topological polar surface area (TPSA) is 35.6 Å². The second-order valence-electron chi connectivity index (χ2n) is 6.31. The average Bonchev–Trinajstić information content (AvgIpc) is 2.61. The van der Waals surface area contributed by atoms with Gasteiger partial charge in [0.1, 0.15) is 5.82 Å². The molecule has 0 radical (unpaired) electrons. The first-order valence-corrected chi connectivity index (χ1v) is 8.64. The number of carbonyl (C=O) groups is 1. The lowest BCUT2D eigenvalue weighted by atomic mass is 9.93. The normalized spacial score (nSPS) is 17.2. The van der Waals surface area contributed by atoms with Crippen molar-refractivity contribution in [2.24, 2.45) is 0 Å². The van der Waals surface area contributed by atoms with Crippen molar-refractivity contribution in [1.82, 2.24) is 10.2 Å². The molecular formula is C20H20FN3OS. The fourth-order valence-corrected chi connectivity index (χ4v) is 3.45. The van der Waals surface area contributed by atoms with Gasteiger partial charge < -0.3 is 10.2 Å². The van der Waals surface area contributed by atoms with Crippen molar-refractivity contribution in [3.05, 3.63) is 77.2 Å². The summed E-state index contributed by atoms with van der Waals surface area (Å²) in [5, 5.41) is 3.68. The van der Waals surface area contributed by atoms with Gasteiger partial charge in [0.25, 0.3) is 5.91 Å². The van der Waals surface area contributed by atoms with Crippen LogP contribution in [0.5, 0.6) is 0 Å². The number of anilines is 1. The van der Waals surface area contributed by atoms with Crippen LogP contribution >= 0.6 is 12.2 Å². The molecule has 0 spiro atoms. The Kier molecular flexibility index (Phi) is 5.04. The zero-order valence-electron chi connectivity index (χ0n) is 14.9. The molecule has 1 aliphatic heterocycles. The summed E-state index contributed by atoms with van der Waals surface area (Å²) in [5.41, 5.74) is 2.79. The minimum atomic E-state index is -0.506. The van der Waals surface area contributed by atoms with Crippen LogP contribution in [0.3, 0.4) is 0 Å². The Morgan fingerprint density at radius 3 is 2.46 bits per heavy atom. The van der Waals surface area contributed by atoms with Crippen molar-refractivity contribution in [3.63, 3.8) is 0 Å². The van der Waals surface area contributed by atoms with Crippen molar-refractivity contribution in [1.29, 1.82) is 0 Å². The summed E-state index contributed by atoms with van der Waals surface area (Å²) >= 11 is 5.56. The van der Waals surface area contributed by atoms with Gasteiger partial charge in [0.05, 0.1) is 11.6 Å². The maximum Gasteiger partial charge on any atom is 0.253 e. The number of halogens is 1. The minimum absolute atomic E-state index is 0.146. The van der Waals surface area contributed by atoms with Gasteiger partial charge in [-0.2, -0.15) is 0 Å². The van der Waals surface area contributed by atoms with Crippen LogP contribution in [0.25, 0.3) is 0 Å². The maximum absolute atomic E-state index is 13.8. The lowest BCUT2D eigenvalue weighted by Gasteiger charge is -2.38. The van der Waals surface area contributed by atoms with Gasteiger partial charge in [0.15, 0.2) is 5.11 Å². The first-order valence-electron chi connectivity index (χ1n) is 8.23. The predicted molar refractivity (Wildman–Crippen MR) is 105 cm³/mol. The third-order valence-corrected chi connectivity index (χ3v) is 4.62. The molecule has 4 nitrogen and oxygen atoms in total. The Morgan fingerprint density at radius 2 is 1.85 bits per heavy atom. The van der Waals surface area contributed by atoms with Gasteiger partial charge in [-0.05, 0) is 49.0 Å². The van der Waals surface area contributed by atoms with E-state index in [-0.39, 0.29) is 11.7 Å². The van der Waals surface area contributed by atoms with Crippen LogP contribution in [0.15, 0.2) is 65.9 Å². The number of hydrogen-bond donors (Lipinski definition) is 1. The molecule has 1 atom stereocenters. The highest BCUT2D eigenvalue weighted by Gasteiger charge is 2.35. The highest BCUT2D eigenvalue weighted by molar-refractivity contribution is 7.80. The van der Waals surface area contributed by atoms with Gasteiger partial charge in [-0.1, -0.05) is 30.3 Å². The molecule has 3 rings (SSSR count). The van der Waals surface area contributed by atoms with Gasteiger partial charge in [-0.3, -0.25) is 9.69 Å². The summed E-state index contributed by atoms with van der Waals surface area (Å²) in [4.78, 5) is 16.3. The van der Waals surface area contributed by atoms with E-state index in [1.165, 1.54) is 17.0 Å². The lowest BCUT2D eigenvalue weighted by Crippen LogP contribution is -2.49. The third-order valence-electron chi connectivity index (χ3n) is 4.32. The number of likely N-dealkylation sites (N-methyl/N-ethyl adjacent to an activating group) is 1. The Hall–Kier alpha value is -2.73. The number of thiocarbonyl (C=S) groups is 1. The van der Waals surface area contributed by atoms with Gasteiger partial charge >= 0.3 is 0 Å². The molecule has 0 saturated carbocycles. The molecule has 1 heterocycles. The van der Waals surface area contributed by atoms with Crippen molar-refractivity contribution in [2.45, 2.75) is 13.0 Å².